The number of thiophene rings is 1. The first-order chi connectivity index (χ1) is 14.0. The van der Waals surface area contributed by atoms with Crippen molar-refractivity contribution in [1.82, 2.24) is 5.32 Å². The molecule has 0 aliphatic heterocycles. The van der Waals surface area contributed by atoms with E-state index in [4.69, 9.17) is 4.74 Å². The zero-order valence-corrected chi connectivity index (χ0v) is 16.2. The molecule has 0 atom stereocenters. The lowest BCUT2D eigenvalue weighted by molar-refractivity contribution is -0.119. The third kappa shape index (κ3) is 5.26. The van der Waals surface area contributed by atoms with E-state index >= 15 is 0 Å². The van der Waals surface area contributed by atoms with Crippen LogP contribution >= 0.6 is 11.3 Å². The molecule has 3 rings (SSSR count). The van der Waals surface area contributed by atoms with Gasteiger partial charge in [0.1, 0.15) is 10.7 Å². The van der Waals surface area contributed by atoms with E-state index in [-0.39, 0.29) is 11.7 Å². The molecule has 0 fully saturated rings. The minimum absolute atomic E-state index is 0.229. The number of amides is 2. The smallest absolute Gasteiger partial charge is 0.348 e. The number of hydrogen-bond acceptors (Lipinski definition) is 5. The van der Waals surface area contributed by atoms with Crippen LogP contribution in [0.1, 0.15) is 20.0 Å². The molecule has 0 saturated carbocycles. The average molecular weight is 412 g/mol. The summed E-state index contributed by atoms with van der Waals surface area (Å²) in [4.78, 5) is 36.8. The largest absolute Gasteiger partial charge is 0.451 e. The highest BCUT2D eigenvalue weighted by Crippen LogP contribution is 2.28. The number of ether oxygens (including phenoxy) is 1. The summed E-state index contributed by atoms with van der Waals surface area (Å²) in [6.45, 7) is -0.445. The molecule has 148 valence electrons. The van der Waals surface area contributed by atoms with Crippen LogP contribution in [-0.4, -0.2) is 31.4 Å². The average Bonchev–Trinajstić information content (AvgIpc) is 3.23. The van der Waals surface area contributed by atoms with E-state index < -0.39 is 18.5 Å². The Morgan fingerprint density at radius 2 is 1.66 bits per heavy atom. The second-order valence-corrected chi connectivity index (χ2v) is 7.04. The Labute approximate surface area is 170 Å². The summed E-state index contributed by atoms with van der Waals surface area (Å²) < 4.78 is 18.1. The monoisotopic (exact) mass is 412 g/mol. The molecule has 0 bridgehead atoms. The Hall–Kier alpha value is -3.52. The van der Waals surface area contributed by atoms with Crippen LogP contribution in [0.2, 0.25) is 0 Å². The summed E-state index contributed by atoms with van der Waals surface area (Å²) in [5.41, 5.74) is 1.73. The van der Waals surface area contributed by atoms with E-state index in [9.17, 15) is 18.8 Å². The van der Waals surface area contributed by atoms with E-state index in [1.807, 2.05) is 0 Å². The number of halogens is 1. The van der Waals surface area contributed by atoms with E-state index in [1.165, 1.54) is 30.5 Å². The van der Waals surface area contributed by atoms with Gasteiger partial charge < -0.3 is 15.4 Å². The second kappa shape index (κ2) is 9.11. The predicted molar refractivity (Wildman–Crippen MR) is 108 cm³/mol. The van der Waals surface area contributed by atoms with Crippen molar-refractivity contribution in [2.45, 2.75) is 0 Å². The lowest BCUT2D eigenvalue weighted by Gasteiger charge is -2.07. The molecule has 0 aliphatic carbocycles. The van der Waals surface area contributed by atoms with E-state index in [2.05, 4.69) is 10.6 Å². The normalized spacial score (nSPS) is 10.3. The molecule has 6 nitrogen and oxygen atoms in total. The fourth-order valence-electron chi connectivity index (χ4n) is 2.47. The first kappa shape index (κ1) is 20.2. The van der Waals surface area contributed by atoms with Crippen LogP contribution < -0.4 is 10.6 Å². The number of carbonyl (C=O) groups is 3. The highest BCUT2D eigenvalue weighted by Gasteiger charge is 2.14. The van der Waals surface area contributed by atoms with Crippen LogP contribution in [0.4, 0.5) is 10.1 Å². The SMILES string of the molecule is CNC(=O)c1ccc(NC(=O)COC(=O)c2ccc(-c3ccc(F)cc3)s2)cc1. The van der Waals surface area contributed by atoms with Gasteiger partial charge in [0.2, 0.25) is 0 Å². The molecule has 0 radical (unpaired) electrons. The lowest BCUT2D eigenvalue weighted by atomic mass is 10.2. The molecule has 8 heteroatoms. The number of rotatable bonds is 6. The molecule has 2 aromatic carbocycles. The van der Waals surface area contributed by atoms with Crippen LogP contribution in [0, 0.1) is 5.82 Å². The number of esters is 1. The Bertz CT molecular complexity index is 1030. The van der Waals surface area contributed by atoms with Crippen molar-refractivity contribution in [2.75, 3.05) is 19.0 Å². The summed E-state index contributed by atoms with van der Waals surface area (Å²) in [6, 6.07) is 15.6. The Kier molecular flexibility index (Phi) is 6.36. The van der Waals surface area contributed by atoms with Crippen LogP contribution in [0.15, 0.2) is 60.7 Å². The lowest BCUT2D eigenvalue weighted by Crippen LogP contribution is -2.21. The standard InChI is InChI=1S/C21H17FN2O4S/c1-23-20(26)14-4-8-16(9-5-14)24-19(25)12-28-21(27)18-11-10-17(29-18)13-2-6-15(22)7-3-13/h2-11H,12H2,1H3,(H,23,26)(H,24,25). The van der Waals surface area contributed by atoms with Crippen molar-refractivity contribution < 1.29 is 23.5 Å². The van der Waals surface area contributed by atoms with Crippen molar-refractivity contribution >= 4 is 34.8 Å². The molecule has 2 amide bonds. The quantitative estimate of drug-likeness (QED) is 0.605. The van der Waals surface area contributed by atoms with E-state index in [0.717, 1.165) is 10.4 Å². The summed E-state index contributed by atoms with van der Waals surface area (Å²) in [5, 5.41) is 5.09. The minimum atomic E-state index is -0.617. The van der Waals surface area contributed by atoms with Gasteiger partial charge in [-0.15, -0.1) is 11.3 Å². The molecule has 3 aromatic rings. The van der Waals surface area contributed by atoms with Gasteiger partial charge in [-0.2, -0.15) is 0 Å². The molecule has 2 N–H and O–H groups in total. The van der Waals surface area contributed by atoms with Gasteiger partial charge in [0.15, 0.2) is 6.61 Å². The van der Waals surface area contributed by atoms with Gasteiger partial charge in [0.25, 0.3) is 11.8 Å². The number of benzene rings is 2. The van der Waals surface area contributed by atoms with E-state index in [0.29, 0.717) is 16.1 Å². The second-order valence-electron chi connectivity index (χ2n) is 5.95. The van der Waals surface area contributed by atoms with Crippen molar-refractivity contribution in [3.05, 3.63) is 76.9 Å². The van der Waals surface area contributed by atoms with Crippen LogP contribution in [0.25, 0.3) is 10.4 Å². The van der Waals surface area contributed by atoms with Gasteiger partial charge in [-0.1, -0.05) is 12.1 Å². The Morgan fingerprint density at radius 1 is 0.966 bits per heavy atom. The topological polar surface area (TPSA) is 84.5 Å². The maximum atomic E-state index is 13.0. The van der Waals surface area contributed by atoms with Gasteiger partial charge >= 0.3 is 5.97 Å². The number of hydrogen-bond donors (Lipinski definition) is 2. The molecular weight excluding hydrogens is 395 g/mol. The first-order valence-electron chi connectivity index (χ1n) is 8.61. The summed E-state index contributed by atoms with van der Waals surface area (Å²) in [7, 11) is 1.53. The van der Waals surface area contributed by atoms with Crippen molar-refractivity contribution in [3.63, 3.8) is 0 Å². The maximum absolute atomic E-state index is 13.0. The van der Waals surface area contributed by atoms with Gasteiger partial charge in [-0.3, -0.25) is 9.59 Å². The highest BCUT2D eigenvalue weighted by atomic mass is 32.1. The summed E-state index contributed by atoms with van der Waals surface area (Å²) in [5.74, 6) is -1.68. The summed E-state index contributed by atoms with van der Waals surface area (Å²) in [6.07, 6.45) is 0. The number of carbonyl (C=O) groups excluding carboxylic acids is 3. The van der Waals surface area contributed by atoms with Gasteiger partial charge in [-0.25, -0.2) is 9.18 Å². The molecular formula is C21H17FN2O4S. The van der Waals surface area contributed by atoms with Crippen LogP contribution in [0.5, 0.6) is 0 Å². The zero-order valence-electron chi connectivity index (χ0n) is 15.4. The molecule has 1 aromatic heterocycles. The van der Waals surface area contributed by atoms with Crippen molar-refractivity contribution in [3.8, 4) is 10.4 Å². The zero-order chi connectivity index (χ0) is 20.8. The third-order valence-electron chi connectivity index (χ3n) is 3.93. The predicted octanol–water partition coefficient (Wildman–Crippen LogP) is 3.71. The Balaban J connectivity index is 1.53. The maximum Gasteiger partial charge on any atom is 0.348 e. The molecule has 0 unspecified atom stereocenters. The molecule has 0 aliphatic rings. The van der Waals surface area contributed by atoms with Crippen molar-refractivity contribution in [2.24, 2.45) is 0 Å². The van der Waals surface area contributed by atoms with Gasteiger partial charge in [0, 0.05) is 23.2 Å². The van der Waals surface area contributed by atoms with E-state index in [1.54, 1.807) is 48.5 Å². The van der Waals surface area contributed by atoms with Crippen molar-refractivity contribution in [1.29, 1.82) is 0 Å². The molecule has 1 heterocycles. The minimum Gasteiger partial charge on any atom is -0.451 e. The summed E-state index contributed by atoms with van der Waals surface area (Å²) >= 11 is 1.20. The van der Waals surface area contributed by atoms with Crippen LogP contribution in [0.3, 0.4) is 0 Å². The number of anilines is 1. The highest BCUT2D eigenvalue weighted by molar-refractivity contribution is 7.17. The fourth-order valence-corrected chi connectivity index (χ4v) is 3.37. The van der Waals surface area contributed by atoms with Gasteiger partial charge in [0.05, 0.1) is 0 Å². The van der Waals surface area contributed by atoms with Gasteiger partial charge in [-0.05, 0) is 54.1 Å². The third-order valence-corrected chi connectivity index (χ3v) is 5.04. The Morgan fingerprint density at radius 3 is 2.31 bits per heavy atom. The number of nitrogens with one attached hydrogen (secondary N) is 2. The fraction of sp³-hybridized carbons (Fsp3) is 0.0952. The van der Waals surface area contributed by atoms with Crippen LogP contribution in [-0.2, 0) is 9.53 Å². The molecule has 0 spiro atoms. The molecule has 29 heavy (non-hydrogen) atoms. The molecule has 0 saturated heterocycles. The first-order valence-corrected chi connectivity index (χ1v) is 9.43.